The summed E-state index contributed by atoms with van der Waals surface area (Å²) < 4.78 is 17.9. The molecule has 0 aromatic carbocycles. The molecule has 2 saturated heterocycles. The Balaban J connectivity index is 0.000000241. The number of nitrogens with two attached hydrogens (primary N) is 1. The first-order chi connectivity index (χ1) is 48.1. The second kappa shape index (κ2) is 31.4. The molecule has 32 heteroatoms. The van der Waals surface area contributed by atoms with Gasteiger partial charge in [-0.1, -0.05) is 74.1 Å². The Bertz CT molecular complexity index is 4180. The van der Waals surface area contributed by atoms with Gasteiger partial charge in [-0.05, 0) is 133 Å². The molecule has 10 rings (SSSR count). The van der Waals surface area contributed by atoms with Crippen LogP contribution in [0.25, 0.3) is 43.5 Å². The summed E-state index contributed by atoms with van der Waals surface area (Å²) in [4.78, 5) is 156. The van der Waals surface area contributed by atoms with E-state index >= 15 is 0 Å². The maximum absolute atomic E-state index is 14.6. The first kappa shape index (κ1) is 77.9. The number of likely N-dealkylation sites (tertiary alicyclic amines) is 2. The van der Waals surface area contributed by atoms with Crippen LogP contribution in [0, 0.1) is 30.6 Å². The fourth-order valence-corrected chi connectivity index (χ4v) is 14.1. The maximum Gasteiger partial charge on any atom is 0.315 e. The van der Waals surface area contributed by atoms with Crippen LogP contribution < -0.4 is 52.4 Å². The van der Waals surface area contributed by atoms with E-state index in [2.05, 4.69) is 47.4 Å². The number of rotatable bonds is 23. The number of carbonyl (C=O) groups excluding carboxylic acids is 10. The highest BCUT2D eigenvalue weighted by atomic mass is 32.1. The van der Waals surface area contributed by atoms with Crippen molar-refractivity contribution in [2.24, 2.45) is 36.6 Å². The standard InChI is InChI=1S/C38H53N9O6S.C33H47N9O6S/c1-20-16-26(46(8)45-20)31-40-24-14-15-54-29(24)34(43-31)53-23-18-27(47(19-23)35(51)30(37(2,3)4)42-36(52)44-38(5,6)7)32(49)41-25(17-21-10-9-11-21)28(48)33(50)39-22-12-13-22;1-10-11-19(23(43)26(34)44)36-28(45)22-15-18(16-42(22)30(46)25(32(3,4)5)37-31(47)39-33(6,7)8)48-29-24-20(12-13-49-24)35-27(38-29)21-14-17(2)40-41(21)9/h14-16,21-23,25,27,30H,9-13,17-19H2,1-8H3,(H,39,50)(H,41,49)(H2,42,44,52);12-14,18-19,22,25H,10-11,15-16H2,1-9H3,(H2,34,44)(H,36,45)(H2,37,39,47)/t23-,25+,27+,30-;18-,19+,22+,25-/m11/s1. The van der Waals surface area contributed by atoms with E-state index in [1.807, 2.05) is 139 Å². The molecule has 558 valence electrons. The smallest absolute Gasteiger partial charge is 0.315 e. The van der Waals surface area contributed by atoms with E-state index in [9.17, 15) is 47.9 Å². The van der Waals surface area contributed by atoms with E-state index in [1.165, 1.54) is 32.5 Å². The van der Waals surface area contributed by atoms with Crippen LogP contribution in [0.2, 0.25) is 0 Å². The molecule has 0 radical (unpaired) electrons. The normalized spacial score (nSPS) is 19.0. The highest BCUT2D eigenvalue weighted by Gasteiger charge is 2.50. The molecule has 10 amide bonds. The predicted octanol–water partition coefficient (Wildman–Crippen LogP) is 6.38. The zero-order valence-corrected chi connectivity index (χ0v) is 63.6. The number of nitrogens with zero attached hydrogens (tertiary/aromatic N) is 10. The first-order valence-electron chi connectivity index (χ1n) is 35.1. The molecule has 8 heterocycles. The largest absolute Gasteiger partial charge is 0.471 e. The number of primary amides is 1. The van der Waals surface area contributed by atoms with Gasteiger partial charge in [0.2, 0.25) is 47.0 Å². The van der Waals surface area contributed by atoms with Crippen LogP contribution in [0.3, 0.4) is 0 Å². The molecular formula is C71H100N18O12S2. The molecule has 0 unspecified atom stereocenters. The summed E-state index contributed by atoms with van der Waals surface area (Å²) in [5, 5.41) is 32.3. The molecule has 9 N–H and O–H groups in total. The molecule has 0 spiro atoms. The Labute approximate surface area is 607 Å². The van der Waals surface area contributed by atoms with E-state index in [0.717, 1.165) is 43.5 Å². The number of nitrogens with one attached hydrogen (secondary N) is 7. The lowest BCUT2D eigenvalue weighted by atomic mass is 9.80. The molecule has 4 fully saturated rings. The number of aryl methyl sites for hydroxylation is 4. The molecule has 6 aromatic rings. The van der Waals surface area contributed by atoms with Crippen LogP contribution in [0.15, 0.2) is 35.0 Å². The highest BCUT2D eigenvalue weighted by Crippen LogP contribution is 2.38. The van der Waals surface area contributed by atoms with Gasteiger partial charge >= 0.3 is 12.1 Å². The van der Waals surface area contributed by atoms with Crippen LogP contribution in [0.1, 0.15) is 166 Å². The molecule has 8 atom stereocenters. The Morgan fingerprint density at radius 3 is 1.37 bits per heavy atom. The van der Waals surface area contributed by atoms with Crippen LogP contribution in [0.4, 0.5) is 9.59 Å². The van der Waals surface area contributed by atoms with Gasteiger partial charge in [0.05, 0.1) is 47.6 Å². The van der Waals surface area contributed by atoms with Crippen molar-refractivity contribution in [2.45, 2.75) is 234 Å². The Kier molecular flexibility index (Phi) is 23.8. The van der Waals surface area contributed by atoms with E-state index in [1.54, 1.807) is 23.3 Å². The van der Waals surface area contributed by atoms with Gasteiger partial charge in [0.25, 0.3) is 11.8 Å². The van der Waals surface area contributed by atoms with Crippen molar-refractivity contribution in [3.05, 3.63) is 46.4 Å². The summed E-state index contributed by atoms with van der Waals surface area (Å²) in [5.74, 6) is -4.02. The fraction of sp³-hybridized carbons (Fsp3) is 0.606. The number of ketones is 2. The van der Waals surface area contributed by atoms with E-state index in [0.29, 0.717) is 62.2 Å². The third kappa shape index (κ3) is 19.8. The number of ether oxygens (including phenoxy) is 2. The maximum atomic E-state index is 14.6. The van der Waals surface area contributed by atoms with Crippen LogP contribution in [0.5, 0.6) is 11.8 Å². The van der Waals surface area contributed by atoms with Crippen molar-refractivity contribution >= 4 is 102 Å². The van der Waals surface area contributed by atoms with Gasteiger partial charge < -0.3 is 62.2 Å². The average molecular weight is 1460 g/mol. The number of fused-ring (bicyclic) bond motifs is 2. The Morgan fingerprint density at radius 2 is 1.02 bits per heavy atom. The van der Waals surface area contributed by atoms with Crippen molar-refractivity contribution in [1.82, 2.24) is 86.5 Å². The predicted molar refractivity (Wildman–Crippen MR) is 388 cm³/mol. The number of urea groups is 2. The second-order valence-electron chi connectivity index (χ2n) is 31.6. The number of Topliss-reactive ketones (excluding diaryl/α,β-unsaturated/α-hetero) is 2. The van der Waals surface area contributed by atoms with Crippen LogP contribution >= 0.6 is 22.7 Å². The second-order valence-corrected chi connectivity index (χ2v) is 33.4. The van der Waals surface area contributed by atoms with Crippen molar-refractivity contribution in [3.63, 3.8) is 0 Å². The lowest BCUT2D eigenvalue weighted by Crippen LogP contribution is -2.61. The van der Waals surface area contributed by atoms with Gasteiger partial charge in [0, 0.05) is 44.1 Å². The molecule has 2 saturated carbocycles. The summed E-state index contributed by atoms with van der Waals surface area (Å²) in [6.45, 7) is 27.5. The first-order valence-corrected chi connectivity index (χ1v) is 36.8. The van der Waals surface area contributed by atoms with E-state index in [-0.39, 0.29) is 50.2 Å². The van der Waals surface area contributed by atoms with Gasteiger partial charge in [0.1, 0.15) is 57.2 Å². The molecule has 4 aliphatic rings. The summed E-state index contributed by atoms with van der Waals surface area (Å²) in [6, 6.07) is -0.00744. The van der Waals surface area contributed by atoms with Crippen molar-refractivity contribution < 1.29 is 57.4 Å². The minimum atomic E-state index is -1.16. The van der Waals surface area contributed by atoms with Gasteiger partial charge in [-0.2, -0.15) is 20.2 Å². The SMILES string of the molecule is CCC[C@H](NC(=O)[C@@H]1C[C@@H](Oc2nc(-c3cc(C)nn3C)nc3ccsc23)CN1C(=O)[C@@H](NC(=O)NC(C)(C)C)C(C)(C)C)C(=O)C(N)=O.Cc1cc(-c2nc(O[C@@H]3C[C@@H](C(=O)N[C@@H](CC4CCC4)C(=O)C(=O)NC4CC4)N(C(=O)[C@@H](NC(=O)NC(C)(C)C)C(C)(C)C)C3)c3sccc3n2)n(C)n1. The monoisotopic (exact) mass is 1460 g/mol. The van der Waals surface area contributed by atoms with Crippen molar-refractivity contribution in [3.8, 4) is 34.8 Å². The highest BCUT2D eigenvalue weighted by molar-refractivity contribution is 7.17. The molecule has 6 aromatic heterocycles. The topological polar surface area (TPSA) is 393 Å². The number of thiophene rings is 2. The summed E-state index contributed by atoms with van der Waals surface area (Å²) >= 11 is 2.81. The minimum absolute atomic E-state index is 0.00645. The molecule has 2 aliphatic carbocycles. The zero-order valence-electron chi connectivity index (χ0n) is 62.0. The lowest BCUT2D eigenvalue weighted by Gasteiger charge is -2.36. The van der Waals surface area contributed by atoms with Crippen molar-refractivity contribution in [1.29, 1.82) is 0 Å². The minimum Gasteiger partial charge on any atom is -0.471 e. The quantitative estimate of drug-likeness (QED) is 0.0322. The van der Waals surface area contributed by atoms with E-state index in [4.69, 9.17) is 35.1 Å². The summed E-state index contributed by atoms with van der Waals surface area (Å²) in [7, 11) is 3.61. The number of hydrogen-bond acceptors (Lipinski definition) is 20. The third-order valence-electron chi connectivity index (χ3n) is 18.0. The number of carbonyl (C=O) groups is 10. The molecule has 0 bridgehead atoms. The molecule has 103 heavy (non-hydrogen) atoms. The van der Waals surface area contributed by atoms with Crippen LogP contribution in [-0.2, 0) is 52.5 Å². The zero-order chi connectivity index (χ0) is 75.5. The average Bonchev–Trinajstić information content (AvgIpc) is 1.61. The van der Waals surface area contributed by atoms with Gasteiger partial charge in [0.15, 0.2) is 11.6 Å². The van der Waals surface area contributed by atoms with Gasteiger partial charge in [-0.3, -0.25) is 47.7 Å². The van der Waals surface area contributed by atoms with Gasteiger partial charge in [-0.25, -0.2) is 19.6 Å². The van der Waals surface area contributed by atoms with Gasteiger partial charge in [-0.15, -0.1) is 22.7 Å². The molecular weight excluding hydrogens is 1360 g/mol. The Morgan fingerprint density at radius 1 is 0.592 bits per heavy atom. The van der Waals surface area contributed by atoms with Crippen LogP contribution in [-0.4, -0.2) is 187 Å². The molecule has 2 aliphatic heterocycles. The van der Waals surface area contributed by atoms with E-state index < -0.39 is 129 Å². The number of hydrogen-bond donors (Lipinski definition) is 8. The summed E-state index contributed by atoms with van der Waals surface area (Å²) in [5.41, 5.74) is 6.97. The number of amides is 10. The fourth-order valence-electron chi connectivity index (χ4n) is 12.6. The van der Waals surface area contributed by atoms with Crippen molar-refractivity contribution in [2.75, 3.05) is 13.1 Å². The Hall–Kier alpha value is -9.20. The number of aromatic nitrogens is 8. The molecule has 30 nitrogen and oxygen atoms in total. The summed E-state index contributed by atoms with van der Waals surface area (Å²) in [6.07, 6.45) is 4.26. The lowest BCUT2D eigenvalue weighted by molar-refractivity contribution is -0.144. The third-order valence-corrected chi connectivity index (χ3v) is 19.8.